The van der Waals surface area contributed by atoms with E-state index in [1.54, 1.807) is 7.05 Å². The number of rotatable bonds is 2. The molecule has 2 aromatic heterocycles. The lowest BCUT2D eigenvalue weighted by Crippen LogP contribution is -2.21. The van der Waals surface area contributed by atoms with Crippen LogP contribution in [0.2, 0.25) is 0 Å². The van der Waals surface area contributed by atoms with Crippen molar-refractivity contribution < 1.29 is 11.0 Å². The van der Waals surface area contributed by atoms with Gasteiger partial charge in [-0.2, -0.15) is 4.98 Å². The van der Waals surface area contributed by atoms with Crippen LogP contribution in [0.25, 0.3) is 11.2 Å². The van der Waals surface area contributed by atoms with Crippen LogP contribution in [0.3, 0.4) is 0 Å². The molecular formula is C7H12N6O3. The lowest BCUT2D eigenvalue weighted by Gasteiger charge is -2.02. The van der Waals surface area contributed by atoms with E-state index in [1.807, 2.05) is 0 Å². The topological polar surface area (TPSA) is 159 Å². The average molecular weight is 228 g/mol. The molecule has 0 fully saturated rings. The number of fused-ring (bicyclic) bond motifs is 1. The van der Waals surface area contributed by atoms with E-state index in [0.29, 0.717) is 11.6 Å². The molecule has 0 aliphatic rings. The van der Waals surface area contributed by atoms with Gasteiger partial charge in [-0.1, -0.05) is 0 Å². The van der Waals surface area contributed by atoms with Gasteiger partial charge in [0.15, 0.2) is 11.2 Å². The quantitative estimate of drug-likeness (QED) is 0.486. The van der Waals surface area contributed by atoms with Crippen LogP contribution in [0, 0.1) is 0 Å². The number of hydrogen-bond acceptors (Lipinski definition) is 6. The molecular weight excluding hydrogens is 216 g/mol. The van der Waals surface area contributed by atoms with E-state index in [2.05, 4.69) is 30.8 Å². The maximum absolute atomic E-state index is 11.4. The maximum atomic E-state index is 11.4. The van der Waals surface area contributed by atoms with Gasteiger partial charge in [-0.05, 0) is 0 Å². The van der Waals surface area contributed by atoms with Crippen LogP contribution >= 0.6 is 0 Å². The number of hydrogen-bond donors (Lipinski definition) is 3. The van der Waals surface area contributed by atoms with Gasteiger partial charge in [0.1, 0.15) is 0 Å². The van der Waals surface area contributed by atoms with E-state index in [1.165, 1.54) is 12.4 Å². The smallest absolute Gasteiger partial charge is 0.280 e. The van der Waals surface area contributed by atoms with Gasteiger partial charge in [0.25, 0.3) is 5.56 Å². The summed E-state index contributed by atoms with van der Waals surface area (Å²) >= 11 is 0. The molecule has 0 spiro atoms. The number of anilines is 1. The molecule has 0 saturated heterocycles. The predicted molar refractivity (Wildman–Crippen MR) is 57.9 cm³/mol. The van der Waals surface area contributed by atoms with Crippen molar-refractivity contribution in [3.63, 3.8) is 0 Å². The Hall–Kier alpha value is -2.10. The molecule has 9 heteroatoms. The molecule has 0 unspecified atom stereocenters. The minimum atomic E-state index is -0.319. The molecule has 2 heterocycles. The van der Waals surface area contributed by atoms with Crippen LogP contribution < -0.4 is 16.4 Å². The third kappa shape index (κ3) is 2.48. The molecule has 0 saturated carbocycles. The van der Waals surface area contributed by atoms with Crippen LogP contribution in [-0.2, 0) is 0 Å². The van der Waals surface area contributed by atoms with Gasteiger partial charge < -0.3 is 11.0 Å². The normalized spacial score (nSPS) is 9.06. The SMILES string of the molecule is CNNc1nc2nccnc2c(=O)[nH]1.O.O. The minimum Gasteiger partial charge on any atom is -0.412 e. The van der Waals surface area contributed by atoms with Gasteiger partial charge in [-0.3, -0.25) is 15.2 Å². The lowest BCUT2D eigenvalue weighted by atomic mass is 10.5. The van der Waals surface area contributed by atoms with Gasteiger partial charge >= 0.3 is 0 Å². The fraction of sp³-hybridized carbons (Fsp3) is 0.143. The molecule has 16 heavy (non-hydrogen) atoms. The van der Waals surface area contributed by atoms with Crippen molar-refractivity contribution in [1.82, 2.24) is 25.4 Å². The third-order valence-corrected chi connectivity index (χ3v) is 1.59. The summed E-state index contributed by atoms with van der Waals surface area (Å²) in [5, 5.41) is 0. The Kier molecular flexibility index (Phi) is 4.95. The van der Waals surface area contributed by atoms with E-state index < -0.39 is 0 Å². The summed E-state index contributed by atoms with van der Waals surface area (Å²) < 4.78 is 0. The Morgan fingerprint density at radius 3 is 2.62 bits per heavy atom. The summed E-state index contributed by atoms with van der Waals surface area (Å²) in [4.78, 5) is 25.7. The number of nitrogens with one attached hydrogen (secondary N) is 3. The molecule has 0 amide bonds. The highest BCUT2D eigenvalue weighted by atomic mass is 16.1. The van der Waals surface area contributed by atoms with Crippen LogP contribution in [0.1, 0.15) is 0 Å². The summed E-state index contributed by atoms with van der Waals surface area (Å²) in [5.74, 6) is 0.311. The van der Waals surface area contributed by atoms with Crippen LogP contribution in [0.15, 0.2) is 17.2 Å². The summed E-state index contributed by atoms with van der Waals surface area (Å²) in [6.07, 6.45) is 2.93. The summed E-state index contributed by atoms with van der Waals surface area (Å²) in [7, 11) is 1.67. The summed E-state index contributed by atoms with van der Waals surface area (Å²) in [6.45, 7) is 0. The van der Waals surface area contributed by atoms with E-state index in [9.17, 15) is 4.79 Å². The first kappa shape index (κ1) is 13.9. The Morgan fingerprint density at radius 2 is 1.94 bits per heavy atom. The summed E-state index contributed by atoms with van der Waals surface area (Å²) in [6, 6.07) is 0. The fourth-order valence-corrected chi connectivity index (χ4v) is 1.05. The molecule has 0 atom stereocenters. The number of aromatic amines is 1. The largest absolute Gasteiger partial charge is 0.412 e. The van der Waals surface area contributed by atoms with E-state index >= 15 is 0 Å². The van der Waals surface area contributed by atoms with Gasteiger partial charge in [0, 0.05) is 19.4 Å². The van der Waals surface area contributed by atoms with Gasteiger partial charge in [-0.25, -0.2) is 15.4 Å². The first-order valence-corrected chi connectivity index (χ1v) is 3.95. The Balaban J connectivity index is 0.00000112. The Morgan fingerprint density at radius 1 is 1.25 bits per heavy atom. The van der Waals surface area contributed by atoms with Crippen molar-refractivity contribution in [1.29, 1.82) is 0 Å². The minimum absolute atomic E-state index is 0. The number of aromatic nitrogens is 4. The second-order valence-corrected chi connectivity index (χ2v) is 2.52. The van der Waals surface area contributed by atoms with Crippen molar-refractivity contribution in [2.24, 2.45) is 0 Å². The molecule has 0 radical (unpaired) electrons. The highest BCUT2D eigenvalue weighted by Crippen LogP contribution is 2.00. The zero-order valence-electron chi connectivity index (χ0n) is 8.40. The molecule has 0 aliphatic heterocycles. The number of nitrogens with zero attached hydrogens (tertiary/aromatic N) is 3. The van der Waals surface area contributed by atoms with Crippen molar-refractivity contribution >= 4 is 17.1 Å². The molecule has 88 valence electrons. The molecule has 2 aromatic rings. The van der Waals surface area contributed by atoms with E-state index in [4.69, 9.17) is 0 Å². The molecule has 0 bridgehead atoms. The van der Waals surface area contributed by atoms with Crippen LogP contribution in [0.4, 0.5) is 5.95 Å². The zero-order chi connectivity index (χ0) is 9.97. The van der Waals surface area contributed by atoms with Crippen molar-refractivity contribution in [2.45, 2.75) is 0 Å². The van der Waals surface area contributed by atoms with Crippen molar-refractivity contribution in [3.05, 3.63) is 22.7 Å². The Labute approximate surface area is 89.5 Å². The Bertz CT molecular complexity index is 513. The van der Waals surface area contributed by atoms with Gasteiger partial charge in [-0.15, -0.1) is 0 Å². The first-order chi connectivity index (χ1) is 6.81. The second-order valence-electron chi connectivity index (χ2n) is 2.52. The zero-order valence-corrected chi connectivity index (χ0v) is 8.40. The second kappa shape index (κ2) is 5.70. The molecule has 2 rings (SSSR count). The first-order valence-electron chi connectivity index (χ1n) is 3.95. The van der Waals surface area contributed by atoms with E-state index in [-0.39, 0.29) is 22.0 Å². The molecule has 7 N–H and O–H groups in total. The van der Waals surface area contributed by atoms with Crippen LogP contribution in [-0.4, -0.2) is 37.9 Å². The average Bonchev–Trinajstić information content (AvgIpc) is 2.18. The maximum Gasteiger partial charge on any atom is 0.280 e. The molecule has 9 nitrogen and oxygen atoms in total. The highest BCUT2D eigenvalue weighted by molar-refractivity contribution is 5.68. The highest BCUT2D eigenvalue weighted by Gasteiger charge is 2.03. The molecule has 0 aromatic carbocycles. The van der Waals surface area contributed by atoms with Gasteiger partial charge in [0.2, 0.25) is 5.95 Å². The third-order valence-electron chi connectivity index (χ3n) is 1.59. The van der Waals surface area contributed by atoms with Crippen LogP contribution in [0.5, 0.6) is 0 Å². The van der Waals surface area contributed by atoms with Crippen molar-refractivity contribution in [2.75, 3.05) is 12.5 Å². The predicted octanol–water partition coefficient (Wildman–Crippen LogP) is -2.39. The summed E-state index contributed by atoms with van der Waals surface area (Å²) in [5.41, 5.74) is 5.53. The van der Waals surface area contributed by atoms with Gasteiger partial charge in [0.05, 0.1) is 0 Å². The van der Waals surface area contributed by atoms with Crippen molar-refractivity contribution in [3.8, 4) is 0 Å². The lowest BCUT2D eigenvalue weighted by molar-refractivity contribution is 0.823. The van der Waals surface area contributed by atoms with E-state index in [0.717, 1.165) is 0 Å². The standard InChI is InChI=1S/C7H8N6O.2H2O/c1-8-13-7-11-5-4(6(14)12-7)9-2-3-10-5;;/h2-3,8H,1H3,(H2,10,11,12,13,14);2*1H2. The molecule has 0 aliphatic carbocycles. The number of H-pyrrole nitrogens is 1. The monoisotopic (exact) mass is 228 g/mol. The number of hydrazine groups is 1. The fourth-order valence-electron chi connectivity index (χ4n) is 1.05.